The predicted molar refractivity (Wildman–Crippen MR) is 96.0 cm³/mol. The number of halogens is 1. The van der Waals surface area contributed by atoms with Crippen LogP contribution in [0.4, 0.5) is 11.4 Å². The number of nitrogens with one attached hydrogen (secondary N) is 3. The van der Waals surface area contributed by atoms with Crippen molar-refractivity contribution in [2.75, 3.05) is 23.7 Å². The van der Waals surface area contributed by atoms with E-state index >= 15 is 0 Å². The van der Waals surface area contributed by atoms with Gasteiger partial charge in [-0.2, -0.15) is 0 Å². The fourth-order valence-electron chi connectivity index (χ4n) is 2.14. The second-order valence-electron chi connectivity index (χ2n) is 6.35. The first kappa shape index (κ1) is 19.5. The van der Waals surface area contributed by atoms with Crippen molar-refractivity contribution in [3.8, 4) is 0 Å². The lowest BCUT2D eigenvalue weighted by Gasteiger charge is -2.09. The Balaban J connectivity index is 0.00000264. The smallest absolute Gasteiger partial charge is 0.238 e. The molecule has 0 spiro atoms. The number of amides is 2. The minimum atomic E-state index is -0.0442. The molecule has 1 aliphatic rings. The van der Waals surface area contributed by atoms with Gasteiger partial charge >= 0.3 is 0 Å². The summed E-state index contributed by atoms with van der Waals surface area (Å²) >= 11 is 0. The summed E-state index contributed by atoms with van der Waals surface area (Å²) in [5, 5.41) is 8.83. The third-order valence-corrected chi connectivity index (χ3v) is 3.46. The summed E-state index contributed by atoms with van der Waals surface area (Å²) in [4.78, 5) is 23.4. The highest BCUT2D eigenvalue weighted by Gasteiger charge is 2.20. The van der Waals surface area contributed by atoms with E-state index in [1.165, 1.54) is 12.8 Å². The van der Waals surface area contributed by atoms with Gasteiger partial charge in [-0.1, -0.05) is 13.8 Å². The van der Waals surface area contributed by atoms with Crippen LogP contribution < -0.4 is 16.0 Å². The first-order valence-electron chi connectivity index (χ1n) is 7.93. The summed E-state index contributed by atoms with van der Waals surface area (Å²) in [6.45, 7) is 5.28. The lowest BCUT2D eigenvalue weighted by Crippen LogP contribution is -2.29. The number of carbonyl (C=O) groups excluding carboxylic acids is 2. The van der Waals surface area contributed by atoms with Gasteiger partial charge in [0.1, 0.15) is 0 Å². The van der Waals surface area contributed by atoms with E-state index in [0.717, 1.165) is 23.8 Å². The Kier molecular flexibility index (Phi) is 8.06. The lowest BCUT2D eigenvalue weighted by molar-refractivity contribution is -0.117. The Morgan fingerprint density at radius 2 is 1.57 bits per heavy atom. The molecule has 128 valence electrons. The number of benzene rings is 1. The molecule has 2 amide bonds. The van der Waals surface area contributed by atoms with Gasteiger partial charge in [0.05, 0.1) is 6.54 Å². The second kappa shape index (κ2) is 9.53. The summed E-state index contributed by atoms with van der Waals surface area (Å²) in [7, 11) is 0. The van der Waals surface area contributed by atoms with E-state index in [-0.39, 0.29) is 24.2 Å². The molecule has 0 saturated heterocycles. The number of hydrogen-bond donors (Lipinski definition) is 3. The minimum Gasteiger partial charge on any atom is -0.326 e. The summed E-state index contributed by atoms with van der Waals surface area (Å²) < 4.78 is 0. The van der Waals surface area contributed by atoms with Crippen molar-refractivity contribution in [3.05, 3.63) is 24.3 Å². The maximum atomic E-state index is 11.8. The van der Waals surface area contributed by atoms with Crippen LogP contribution in [-0.2, 0) is 9.59 Å². The van der Waals surface area contributed by atoms with Crippen molar-refractivity contribution in [1.29, 1.82) is 0 Å². The van der Waals surface area contributed by atoms with Crippen molar-refractivity contribution in [2.24, 2.45) is 11.8 Å². The molecule has 5 nitrogen and oxygen atoms in total. The Labute approximate surface area is 144 Å². The zero-order valence-electron chi connectivity index (χ0n) is 13.7. The summed E-state index contributed by atoms with van der Waals surface area (Å²) in [5.41, 5.74) is 1.48. The van der Waals surface area contributed by atoms with Crippen LogP contribution in [0.1, 0.15) is 33.1 Å². The predicted octanol–water partition coefficient (Wildman–Crippen LogP) is 3.03. The largest absolute Gasteiger partial charge is 0.326 e. The van der Waals surface area contributed by atoms with Crippen LogP contribution in [0, 0.1) is 11.8 Å². The van der Waals surface area contributed by atoms with E-state index in [1.807, 2.05) is 13.8 Å². The normalized spacial score (nSPS) is 13.3. The molecule has 0 aromatic heterocycles. The van der Waals surface area contributed by atoms with Crippen molar-refractivity contribution in [2.45, 2.75) is 33.1 Å². The van der Waals surface area contributed by atoms with Gasteiger partial charge in [0, 0.05) is 17.8 Å². The first-order valence-corrected chi connectivity index (χ1v) is 7.93. The highest BCUT2D eigenvalue weighted by atomic mass is 35.5. The first-order chi connectivity index (χ1) is 10.5. The number of carbonyl (C=O) groups is 2. The van der Waals surface area contributed by atoms with Gasteiger partial charge in [-0.15, -0.1) is 12.4 Å². The van der Waals surface area contributed by atoms with Gasteiger partial charge in [-0.25, -0.2) is 0 Å². The number of anilines is 2. The molecular weight excluding hydrogens is 314 g/mol. The monoisotopic (exact) mass is 339 g/mol. The lowest BCUT2D eigenvalue weighted by atomic mass is 10.1. The average molecular weight is 340 g/mol. The molecule has 3 N–H and O–H groups in total. The van der Waals surface area contributed by atoms with E-state index in [0.29, 0.717) is 18.9 Å². The molecule has 1 aliphatic carbocycles. The molecule has 1 saturated carbocycles. The van der Waals surface area contributed by atoms with Crippen LogP contribution in [0.25, 0.3) is 0 Å². The van der Waals surface area contributed by atoms with Gasteiger partial charge in [0.15, 0.2) is 0 Å². The van der Waals surface area contributed by atoms with Gasteiger partial charge < -0.3 is 16.0 Å². The molecule has 0 heterocycles. The van der Waals surface area contributed by atoms with Crippen molar-refractivity contribution in [3.63, 3.8) is 0 Å². The molecule has 1 aromatic carbocycles. The Morgan fingerprint density at radius 3 is 2.04 bits per heavy atom. The van der Waals surface area contributed by atoms with Crippen LogP contribution in [-0.4, -0.2) is 24.9 Å². The van der Waals surface area contributed by atoms with Crippen molar-refractivity contribution >= 4 is 35.6 Å². The van der Waals surface area contributed by atoms with E-state index in [2.05, 4.69) is 16.0 Å². The zero-order chi connectivity index (χ0) is 15.9. The standard InChI is InChI=1S/C17H25N3O2.ClH/c1-12(2)9-16(21)19-14-5-7-15(8-6-14)20-17(22)11-18-10-13-3-4-13;/h5-8,12-13,18H,3-4,9-11H2,1-2H3,(H,19,21)(H,20,22);1H. The molecular formula is C17H26ClN3O2. The van der Waals surface area contributed by atoms with Crippen molar-refractivity contribution in [1.82, 2.24) is 5.32 Å². The van der Waals surface area contributed by atoms with E-state index in [4.69, 9.17) is 0 Å². The molecule has 2 rings (SSSR count). The van der Waals surface area contributed by atoms with Gasteiger partial charge in [0.25, 0.3) is 0 Å². The van der Waals surface area contributed by atoms with Crippen LogP contribution in [0.2, 0.25) is 0 Å². The average Bonchev–Trinajstić information content (AvgIpc) is 3.24. The highest BCUT2D eigenvalue weighted by Crippen LogP contribution is 2.27. The molecule has 0 aliphatic heterocycles. The molecule has 6 heteroatoms. The zero-order valence-corrected chi connectivity index (χ0v) is 14.5. The van der Waals surface area contributed by atoms with Crippen LogP contribution in [0.15, 0.2) is 24.3 Å². The molecule has 0 bridgehead atoms. The second-order valence-corrected chi connectivity index (χ2v) is 6.35. The summed E-state index contributed by atoms with van der Waals surface area (Å²) in [6.07, 6.45) is 3.06. The molecule has 0 unspecified atom stereocenters. The molecule has 0 atom stereocenters. The molecule has 23 heavy (non-hydrogen) atoms. The number of rotatable bonds is 8. The van der Waals surface area contributed by atoms with E-state index < -0.39 is 0 Å². The third-order valence-electron chi connectivity index (χ3n) is 3.46. The van der Waals surface area contributed by atoms with Crippen LogP contribution in [0.5, 0.6) is 0 Å². The van der Waals surface area contributed by atoms with E-state index in [9.17, 15) is 9.59 Å². The van der Waals surface area contributed by atoms with Gasteiger partial charge in [0.2, 0.25) is 11.8 Å². The molecule has 1 aromatic rings. The van der Waals surface area contributed by atoms with Gasteiger partial charge in [-0.3, -0.25) is 9.59 Å². The summed E-state index contributed by atoms with van der Waals surface area (Å²) in [6, 6.07) is 7.19. The Morgan fingerprint density at radius 1 is 1.04 bits per heavy atom. The number of hydrogen-bond acceptors (Lipinski definition) is 3. The fourth-order valence-corrected chi connectivity index (χ4v) is 2.14. The Hall–Kier alpha value is -1.59. The quantitative estimate of drug-likeness (QED) is 0.681. The Bertz CT molecular complexity index is 513. The maximum Gasteiger partial charge on any atom is 0.238 e. The van der Waals surface area contributed by atoms with Crippen LogP contribution in [0.3, 0.4) is 0 Å². The SMILES string of the molecule is CC(C)CC(=O)Nc1ccc(NC(=O)CNCC2CC2)cc1.Cl. The summed E-state index contributed by atoms with van der Waals surface area (Å²) in [5.74, 6) is 1.07. The van der Waals surface area contributed by atoms with E-state index in [1.54, 1.807) is 24.3 Å². The third kappa shape index (κ3) is 8.00. The van der Waals surface area contributed by atoms with Crippen molar-refractivity contribution < 1.29 is 9.59 Å². The fraction of sp³-hybridized carbons (Fsp3) is 0.529. The van der Waals surface area contributed by atoms with Gasteiger partial charge in [-0.05, 0) is 55.5 Å². The molecule has 0 radical (unpaired) electrons. The highest BCUT2D eigenvalue weighted by molar-refractivity contribution is 5.93. The van der Waals surface area contributed by atoms with Crippen LogP contribution >= 0.6 is 12.4 Å². The maximum absolute atomic E-state index is 11.8. The minimum absolute atomic E-state index is 0. The molecule has 1 fully saturated rings. The topological polar surface area (TPSA) is 70.2 Å².